The van der Waals surface area contributed by atoms with E-state index >= 15 is 0 Å². The van der Waals surface area contributed by atoms with Gasteiger partial charge >= 0.3 is 0 Å². The van der Waals surface area contributed by atoms with E-state index in [4.69, 9.17) is 0 Å². The van der Waals surface area contributed by atoms with E-state index in [-0.39, 0.29) is 17.4 Å². The number of nitrogens with zero attached hydrogens (tertiary/aromatic N) is 3. The van der Waals surface area contributed by atoms with E-state index in [2.05, 4.69) is 20.7 Å². The average molecular weight is 377 g/mol. The normalized spacial score (nSPS) is 11.1. The van der Waals surface area contributed by atoms with Crippen LogP contribution in [0.3, 0.4) is 0 Å². The van der Waals surface area contributed by atoms with Crippen molar-refractivity contribution in [2.45, 2.75) is 32.9 Å². The molecule has 2 amide bonds. The van der Waals surface area contributed by atoms with Crippen LogP contribution in [0.2, 0.25) is 0 Å². The fraction of sp³-hybridized carbons (Fsp3) is 0.238. The van der Waals surface area contributed by atoms with Crippen LogP contribution in [-0.2, 0) is 6.54 Å². The molecule has 1 heterocycles. The number of benzene rings is 2. The lowest BCUT2D eigenvalue weighted by molar-refractivity contribution is 0.0918. The number of hydrogen-bond acceptors (Lipinski definition) is 4. The molecule has 2 N–H and O–H groups in total. The van der Waals surface area contributed by atoms with Gasteiger partial charge in [0.1, 0.15) is 12.7 Å². The summed E-state index contributed by atoms with van der Waals surface area (Å²) in [6, 6.07) is 14.1. The van der Waals surface area contributed by atoms with E-state index in [9.17, 15) is 9.59 Å². The van der Waals surface area contributed by atoms with Crippen molar-refractivity contribution < 1.29 is 9.59 Å². The van der Waals surface area contributed by atoms with E-state index in [1.807, 2.05) is 45.0 Å². The Morgan fingerprint density at radius 2 is 1.68 bits per heavy atom. The summed E-state index contributed by atoms with van der Waals surface area (Å²) < 4.78 is 1.71. The summed E-state index contributed by atoms with van der Waals surface area (Å²) in [6.45, 7) is 6.33. The van der Waals surface area contributed by atoms with Gasteiger partial charge in [-0.25, -0.2) is 9.67 Å². The predicted octanol–water partition coefficient (Wildman–Crippen LogP) is 3.11. The van der Waals surface area contributed by atoms with Gasteiger partial charge in [-0.2, -0.15) is 5.10 Å². The van der Waals surface area contributed by atoms with Crippen LogP contribution in [0.1, 0.15) is 47.1 Å². The molecule has 0 aliphatic heterocycles. The zero-order valence-corrected chi connectivity index (χ0v) is 16.1. The molecule has 144 valence electrons. The van der Waals surface area contributed by atoms with E-state index in [0.717, 1.165) is 5.56 Å². The third-order valence-corrected chi connectivity index (χ3v) is 3.89. The van der Waals surface area contributed by atoms with Crippen LogP contribution in [0.5, 0.6) is 0 Å². The number of aromatic nitrogens is 3. The number of carbonyl (C=O) groups excluding carboxylic acids is 2. The van der Waals surface area contributed by atoms with E-state index in [1.165, 1.54) is 6.33 Å². The Morgan fingerprint density at radius 3 is 2.29 bits per heavy atom. The van der Waals surface area contributed by atoms with Crippen molar-refractivity contribution in [1.82, 2.24) is 20.1 Å². The number of hydrogen-bond donors (Lipinski definition) is 2. The van der Waals surface area contributed by atoms with Gasteiger partial charge in [0.05, 0.1) is 6.54 Å². The van der Waals surface area contributed by atoms with Crippen LogP contribution in [-0.4, -0.2) is 32.1 Å². The minimum atomic E-state index is -0.315. The highest BCUT2D eigenvalue weighted by atomic mass is 16.2. The SMILES string of the molecule is CC(C)(C)NC(=O)c1ccc(C(=O)Nc2cccc(Cn3cncn3)c2)cc1. The highest BCUT2D eigenvalue weighted by Gasteiger charge is 2.15. The Bertz CT molecular complexity index is 957. The molecule has 0 saturated carbocycles. The molecule has 0 radical (unpaired) electrons. The Hall–Kier alpha value is -3.48. The molecule has 0 aliphatic rings. The summed E-state index contributed by atoms with van der Waals surface area (Å²) in [5.74, 6) is -0.402. The lowest BCUT2D eigenvalue weighted by Gasteiger charge is -2.20. The number of rotatable bonds is 5. The predicted molar refractivity (Wildman–Crippen MR) is 107 cm³/mol. The fourth-order valence-electron chi connectivity index (χ4n) is 2.64. The van der Waals surface area contributed by atoms with Gasteiger partial charge in [-0.3, -0.25) is 9.59 Å². The van der Waals surface area contributed by atoms with Gasteiger partial charge in [0.15, 0.2) is 0 Å². The van der Waals surface area contributed by atoms with Gasteiger partial charge in [-0.05, 0) is 62.7 Å². The van der Waals surface area contributed by atoms with E-state index < -0.39 is 0 Å². The Kier molecular flexibility index (Phi) is 5.54. The summed E-state index contributed by atoms with van der Waals surface area (Å²) in [5, 5.41) is 9.86. The van der Waals surface area contributed by atoms with Crippen LogP contribution >= 0.6 is 0 Å². The highest BCUT2D eigenvalue weighted by molar-refractivity contribution is 6.05. The van der Waals surface area contributed by atoms with Crippen LogP contribution in [0, 0.1) is 0 Å². The molecule has 2 aromatic carbocycles. The van der Waals surface area contributed by atoms with Gasteiger partial charge in [-0.15, -0.1) is 0 Å². The molecule has 7 heteroatoms. The number of nitrogens with one attached hydrogen (secondary N) is 2. The monoisotopic (exact) mass is 377 g/mol. The van der Waals surface area contributed by atoms with Crippen LogP contribution < -0.4 is 10.6 Å². The topological polar surface area (TPSA) is 88.9 Å². The molecule has 0 saturated heterocycles. The summed E-state index contributed by atoms with van der Waals surface area (Å²) in [5.41, 5.74) is 2.37. The molecule has 1 aromatic heterocycles. The third kappa shape index (κ3) is 5.26. The van der Waals surface area contributed by atoms with Gasteiger partial charge in [-0.1, -0.05) is 12.1 Å². The molecule has 0 spiro atoms. The number of carbonyl (C=O) groups is 2. The van der Waals surface area contributed by atoms with Crippen LogP contribution in [0.15, 0.2) is 61.2 Å². The van der Waals surface area contributed by atoms with Crippen LogP contribution in [0.25, 0.3) is 0 Å². The molecular formula is C21H23N5O2. The molecule has 0 fully saturated rings. The van der Waals surface area contributed by atoms with Crippen molar-refractivity contribution in [2.24, 2.45) is 0 Å². The van der Waals surface area contributed by atoms with Crippen molar-refractivity contribution in [3.8, 4) is 0 Å². The van der Waals surface area contributed by atoms with Gasteiger partial charge in [0, 0.05) is 22.4 Å². The van der Waals surface area contributed by atoms with Crippen molar-refractivity contribution in [3.05, 3.63) is 77.9 Å². The standard InChI is InChI=1S/C21H23N5O2/c1-21(2,3)25-20(28)17-9-7-16(8-10-17)19(27)24-18-6-4-5-15(11-18)12-26-14-22-13-23-26/h4-11,13-14H,12H2,1-3H3,(H,24,27)(H,25,28). The molecule has 0 bridgehead atoms. The second-order valence-corrected chi connectivity index (χ2v) is 7.53. The maximum atomic E-state index is 12.5. The largest absolute Gasteiger partial charge is 0.347 e. The highest BCUT2D eigenvalue weighted by Crippen LogP contribution is 2.14. The minimum Gasteiger partial charge on any atom is -0.347 e. The van der Waals surface area contributed by atoms with Gasteiger partial charge in [0.25, 0.3) is 11.8 Å². The second kappa shape index (κ2) is 8.04. The lowest BCUT2D eigenvalue weighted by Crippen LogP contribution is -2.40. The molecular weight excluding hydrogens is 354 g/mol. The summed E-state index contributed by atoms with van der Waals surface area (Å²) >= 11 is 0. The first-order chi connectivity index (χ1) is 13.3. The Labute approximate surface area is 163 Å². The molecule has 3 rings (SSSR count). The van der Waals surface area contributed by atoms with Gasteiger partial charge < -0.3 is 10.6 Å². The number of anilines is 1. The van der Waals surface area contributed by atoms with Gasteiger partial charge in [0.2, 0.25) is 0 Å². The first kappa shape index (κ1) is 19.3. The molecule has 0 aliphatic carbocycles. The van der Waals surface area contributed by atoms with E-state index in [0.29, 0.717) is 23.4 Å². The second-order valence-electron chi connectivity index (χ2n) is 7.53. The van der Waals surface area contributed by atoms with E-state index in [1.54, 1.807) is 35.3 Å². The Balaban J connectivity index is 1.65. The molecule has 0 unspecified atom stereocenters. The first-order valence-electron chi connectivity index (χ1n) is 8.95. The zero-order chi connectivity index (χ0) is 20.1. The lowest BCUT2D eigenvalue weighted by atomic mass is 10.1. The molecule has 7 nitrogen and oxygen atoms in total. The van der Waals surface area contributed by atoms with Crippen molar-refractivity contribution in [3.63, 3.8) is 0 Å². The maximum Gasteiger partial charge on any atom is 0.255 e. The zero-order valence-electron chi connectivity index (χ0n) is 16.1. The Morgan fingerprint density at radius 1 is 1.00 bits per heavy atom. The molecule has 3 aromatic rings. The van der Waals surface area contributed by atoms with Crippen LogP contribution in [0.4, 0.5) is 5.69 Å². The molecule has 28 heavy (non-hydrogen) atoms. The maximum absolute atomic E-state index is 12.5. The minimum absolute atomic E-state index is 0.166. The molecule has 0 atom stereocenters. The first-order valence-corrected chi connectivity index (χ1v) is 8.95. The summed E-state index contributed by atoms with van der Waals surface area (Å²) in [7, 11) is 0. The van der Waals surface area contributed by atoms with Crippen molar-refractivity contribution in [1.29, 1.82) is 0 Å². The summed E-state index contributed by atoms with van der Waals surface area (Å²) in [4.78, 5) is 28.6. The average Bonchev–Trinajstić information content (AvgIpc) is 3.13. The van der Waals surface area contributed by atoms with Crippen molar-refractivity contribution >= 4 is 17.5 Å². The van der Waals surface area contributed by atoms with Crippen molar-refractivity contribution in [2.75, 3.05) is 5.32 Å². The summed E-state index contributed by atoms with van der Waals surface area (Å²) in [6.07, 6.45) is 3.12. The smallest absolute Gasteiger partial charge is 0.255 e. The third-order valence-electron chi connectivity index (χ3n) is 3.89. The number of amides is 2. The fourth-order valence-corrected chi connectivity index (χ4v) is 2.64. The quantitative estimate of drug-likeness (QED) is 0.715.